The summed E-state index contributed by atoms with van der Waals surface area (Å²) in [6, 6.07) is 13.0. The van der Waals surface area contributed by atoms with Crippen LogP contribution in [0.25, 0.3) is 11.3 Å². The van der Waals surface area contributed by atoms with E-state index in [0.717, 1.165) is 16.7 Å². The number of carbonyl (C=O) groups excluding carboxylic acids is 1. The minimum atomic E-state index is -4.26. The SMILES string of the molecule is COc1nccc(-c2ccc(C(=O)NS(=O)(=O)c3cccc(C)n3)c(Oc3c(C)cc(C)cc3C)n2)c1Cl.[HH].[HH]. The molecule has 0 aliphatic heterocycles. The van der Waals surface area contributed by atoms with Crippen LogP contribution in [0.3, 0.4) is 0 Å². The van der Waals surface area contributed by atoms with Crippen LogP contribution in [0.1, 0.15) is 35.6 Å². The molecule has 4 rings (SSSR count). The molecule has 0 unspecified atom stereocenters. The number of ether oxygens (including phenoxy) is 2. The molecule has 0 spiro atoms. The molecule has 0 fully saturated rings. The molecule has 0 bridgehead atoms. The average Bonchev–Trinajstić information content (AvgIpc) is 2.86. The van der Waals surface area contributed by atoms with Crippen LogP contribution in [0.5, 0.6) is 17.5 Å². The lowest BCUT2D eigenvalue weighted by Crippen LogP contribution is -2.31. The highest BCUT2D eigenvalue weighted by atomic mass is 35.5. The Labute approximate surface area is 228 Å². The lowest BCUT2D eigenvalue weighted by atomic mass is 10.1. The fourth-order valence-electron chi connectivity index (χ4n) is 3.93. The van der Waals surface area contributed by atoms with E-state index in [1.165, 1.54) is 31.5 Å². The second-order valence-corrected chi connectivity index (χ2v) is 10.6. The largest absolute Gasteiger partial charge is 0.480 e. The van der Waals surface area contributed by atoms with E-state index in [2.05, 4.69) is 19.7 Å². The van der Waals surface area contributed by atoms with E-state index in [4.69, 9.17) is 21.1 Å². The highest BCUT2D eigenvalue weighted by Crippen LogP contribution is 2.36. The first-order chi connectivity index (χ1) is 18.0. The fourth-order valence-corrected chi connectivity index (χ4v) is 5.19. The lowest BCUT2D eigenvalue weighted by molar-refractivity contribution is 0.0978. The van der Waals surface area contributed by atoms with E-state index in [0.29, 0.717) is 22.7 Å². The van der Waals surface area contributed by atoms with Crippen molar-refractivity contribution in [2.75, 3.05) is 7.11 Å². The van der Waals surface area contributed by atoms with E-state index >= 15 is 0 Å². The molecule has 0 radical (unpaired) electrons. The number of methoxy groups -OCH3 is 1. The molecule has 0 aliphatic rings. The second kappa shape index (κ2) is 10.8. The van der Waals surface area contributed by atoms with Gasteiger partial charge in [-0.1, -0.05) is 35.4 Å². The minimum absolute atomic E-state index is 0. The van der Waals surface area contributed by atoms with Gasteiger partial charge in [-0.3, -0.25) is 4.79 Å². The Balaban J connectivity index is 0.00000280. The number of aryl methyl sites for hydroxylation is 4. The summed E-state index contributed by atoms with van der Waals surface area (Å²) in [5.41, 5.74) is 3.94. The maximum Gasteiger partial charge on any atom is 0.281 e. The number of hydrogen-bond acceptors (Lipinski definition) is 8. The quantitative estimate of drug-likeness (QED) is 0.301. The summed E-state index contributed by atoms with van der Waals surface area (Å²) < 4.78 is 39.2. The third-order valence-corrected chi connectivity index (χ3v) is 7.20. The summed E-state index contributed by atoms with van der Waals surface area (Å²) in [4.78, 5) is 25.9. The third kappa shape index (κ3) is 5.61. The number of nitrogens with zero attached hydrogens (tertiary/aromatic N) is 3. The molecular formula is C27H29ClN4O5S. The van der Waals surface area contributed by atoms with Gasteiger partial charge in [-0.25, -0.2) is 19.7 Å². The number of halogens is 1. The molecule has 38 heavy (non-hydrogen) atoms. The first-order valence-electron chi connectivity index (χ1n) is 11.5. The fraction of sp³-hybridized carbons (Fsp3) is 0.185. The van der Waals surface area contributed by atoms with Crippen molar-refractivity contribution in [2.24, 2.45) is 0 Å². The Morgan fingerprint density at radius 2 is 1.68 bits per heavy atom. The molecule has 0 atom stereocenters. The first-order valence-corrected chi connectivity index (χ1v) is 13.3. The van der Waals surface area contributed by atoms with Crippen LogP contribution < -0.4 is 14.2 Å². The molecule has 3 aromatic heterocycles. The summed E-state index contributed by atoms with van der Waals surface area (Å²) in [6.07, 6.45) is 1.51. The molecule has 1 amide bonds. The zero-order valence-corrected chi connectivity index (χ0v) is 22.9. The number of hydrogen-bond donors (Lipinski definition) is 1. The van der Waals surface area contributed by atoms with Gasteiger partial charge in [0.25, 0.3) is 15.9 Å². The molecule has 1 aromatic carbocycles. The van der Waals surface area contributed by atoms with E-state index in [-0.39, 0.29) is 30.2 Å². The van der Waals surface area contributed by atoms with Gasteiger partial charge in [0, 0.05) is 20.3 Å². The van der Waals surface area contributed by atoms with Crippen molar-refractivity contribution >= 4 is 27.5 Å². The molecule has 1 N–H and O–H groups in total. The van der Waals surface area contributed by atoms with Gasteiger partial charge in [0.05, 0.1) is 12.8 Å². The van der Waals surface area contributed by atoms with Crippen LogP contribution in [0, 0.1) is 27.7 Å². The summed E-state index contributed by atoms with van der Waals surface area (Å²) in [7, 11) is -2.82. The van der Waals surface area contributed by atoms with Gasteiger partial charge in [0.2, 0.25) is 11.8 Å². The number of sulfonamides is 1. The van der Waals surface area contributed by atoms with Crippen LogP contribution in [0.2, 0.25) is 5.02 Å². The van der Waals surface area contributed by atoms with Gasteiger partial charge in [0.1, 0.15) is 16.3 Å². The molecule has 0 saturated heterocycles. The van der Waals surface area contributed by atoms with Crippen molar-refractivity contribution in [2.45, 2.75) is 32.7 Å². The Morgan fingerprint density at radius 3 is 2.34 bits per heavy atom. The van der Waals surface area contributed by atoms with Crippen LogP contribution in [-0.2, 0) is 10.0 Å². The standard InChI is InChI=1S/C27H25ClN4O5S.2H2/c1-15-13-16(2)24(17(3)14-15)37-26-20(25(33)32-38(34,35)22-8-6-7-18(4)30-22)9-10-21(31-26)19-11-12-29-27(36-5)23(19)28;;/h6-14H,1-5H3,(H,32,33);2*1H. The summed E-state index contributed by atoms with van der Waals surface area (Å²) in [6.45, 7) is 7.36. The molecule has 11 heteroatoms. The molecule has 200 valence electrons. The predicted molar refractivity (Wildman–Crippen MR) is 148 cm³/mol. The Bertz CT molecular complexity index is 1650. The number of rotatable bonds is 7. The second-order valence-electron chi connectivity index (χ2n) is 8.61. The van der Waals surface area contributed by atoms with Crippen molar-refractivity contribution in [3.05, 3.63) is 87.7 Å². The highest BCUT2D eigenvalue weighted by Gasteiger charge is 2.25. The van der Waals surface area contributed by atoms with Crippen LogP contribution in [0.4, 0.5) is 0 Å². The molecule has 0 saturated carbocycles. The van der Waals surface area contributed by atoms with Crippen LogP contribution >= 0.6 is 11.6 Å². The van der Waals surface area contributed by atoms with Gasteiger partial charge in [-0.2, -0.15) is 8.42 Å². The van der Waals surface area contributed by atoms with E-state index in [9.17, 15) is 13.2 Å². The zero-order valence-electron chi connectivity index (χ0n) is 21.4. The van der Waals surface area contributed by atoms with Gasteiger partial charge >= 0.3 is 0 Å². The van der Waals surface area contributed by atoms with E-state index in [1.807, 2.05) is 32.9 Å². The van der Waals surface area contributed by atoms with Crippen LogP contribution in [-0.4, -0.2) is 36.4 Å². The summed E-state index contributed by atoms with van der Waals surface area (Å²) in [5.74, 6) is -0.328. The monoisotopic (exact) mass is 556 g/mol. The molecule has 9 nitrogen and oxygen atoms in total. The third-order valence-electron chi connectivity index (χ3n) is 5.60. The zero-order chi connectivity index (χ0) is 27.6. The highest BCUT2D eigenvalue weighted by molar-refractivity contribution is 7.90. The van der Waals surface area contributed by atoms with Gasteiger partial charge in [0.15, 0.2) is 5.03 Å². The van der Waals surface area contributed by atoms with Crippen molar-refractivity contribution in [3.8, 4) is 28.8 Å². The lowest BCUT2D eigenvalue weighted by Gasteiger charge is -2.16. The van der Waals surface area contributed by atoms with Crippen molar-refractivity contribution < 1.29 is 25.5 Å². The molecular weight excluding hydrogens is 528 g/mol. The Morgan fingerprint density at radius 1 is 0.974 bits per heavy atom. The van der Waals surface area contributed by atoms with E-state index in [1.54, 1.807) is 25.1 Å². The van der Waals surface area contributed by atoms with Gasteiger partial charge < -0.3 is 9.47 Å². The maximum atomic E-state index is 13.3. The Kier molecular flexibility index (Phi) is 7.66. The number of nitrogens with one attached hydrogen (secondary N) is 1. The normalized spacial score (nSPS) is 11.2. The number of aromatic nitrogens is 3. The number of pyridine rings is 3. The van der Waals surface area contributed by atoms with Crippen molar-refractivity contribution in [1.82, 2.24) is 19.7 Å². The Hall–Kier alpha value is -4.02. The molecule has 4 aromatic rings. The first kappa shape index (κ1) is 27.0. The number of benzene rings is 1. The van der Waals surface area contributed by atoms with E-state index < -0.39 is 15.9 Å². The van der Waals surface area contributed by atoms with Crippen molar-refractivity contribution in [3.63, 3.8) is 0 Å². The average molecular weight is 557 g/mol. The topological polar surface area (TPSA) is 120 Å². The summed E-state index contributed by atoms with van der Waals surface area (Å²) >= 11 is 6.46. The number of amides is 1. The molecule has 3 heterocycles. The van der Waals surface area contributed by atoms with Gasteiger partial charge in [-0.05, 0) is 69.2 Å². The predicted octanol–water partition coefficient (Wildman–Crippen LogP) is 5.84. The van der Waals surface area contributed by atoms with Gasteiger partial charge in [-0.15, -0.1) is 0 Å². The summed E-state index contributed by atoms with van der Waals surface area (Å²) in [5, 5.41) is -0.0553. The van der Waals surface area contributed by atoms with Crippen molar-refractivity contribution in [1.29, 1.82) is 0 Å². The maximum absolute atomic E-state index is 13.3. The minimum Gasteiger partial charge on any atom is -0.480 e. The van der Waals surface area contributed by atoms with Crippen LogP contribution in [0.15, 0.2) is 59.8 Å². The smallest absolute Gasteiger partial charge is 0.281 e. The number of carbonyl (C=O) groups is 1. The molecule has 0 aliphatic carbocycles.